The number of hydrogen-bond acceptors (Lipinski definition) is 0. The molecule has 0 saturated heterocycles. The first-order chi connectivity index (χ1) is 20.6. The van der Waals surface area contributed by atoms with Crippen molar-refractivity contribution >= 4 is 37.1 Å². The third-order valence-corrected chi connectivity index (χ3v) is 8.92. The second kappa shape index (κ2) is 14.8. The van der Waals surface area contributed by atoms with E-state index in [1.54, 1.807) is 0 Å². The van der Waals surface area contributed by atoms with E-state index in [9.17, 15) is 0 Å². The van der Waals surface area contributed by atoms with E-state index in [0.717, 1.165) is 15.9 Å². The van der Waals surface area contributed by atoms with Crippen LogP contribution in [0.25, 0.3) is 49.9 Å². The molecule has 6 aromatic carbocycles. The maximum absolute atomic E-state index is 3.74. The van der Waals surface area contributed by atoms with Crippen LogP contribution < -0.4 is 24.8 Å². The number of fused-ring (bicyclic) bond motifs is 7. The van der Waals surface area contributed by atoms with E-state index < -0.39 is 0 Å². The van der Waals surface area contributed by atoms with Crippen LogP contribution in [0.5, 0.6) is 0 Å². The van der Waals surface area contributed by atoms with Gasteiger partial charge in [-0.2, -0.15) is 18.2 Å². The van der Waals surface area contributed by atoms with Crippen LogP contribution in [0.3, 0.4) is 0 Å². The van der Waals surface area contributed by atoms with Gasteiger partial charge in [-0.25, -0.2) is 0 Å². The van der Waals surface area contributed by atoms with E-state index in [2.05, 4.69) is 148 Å². The fourth-order valence-corrected chi connectivity index (χ4v) is 7.14. The van der Waals surface area contributed by atoms with Gasteiger partial charge in [-0.15, -0.1) is 16.7 Å². The fourth-order valence-electron chi connectivity index (χ4n) is 7.14. The standard InChI is InChI=1S/C39H29.C2H6Si.2ClH.Zr/c1-24(2)35-23-38-32(36-21-25-11-3-5-13-27(25)29-15-7-8-16-31(29)36)18-10-20-34(38)39(35)33-19-9-17-30-28-14-6-4-12-26(28)22-37(30)33;1-3-2;;;/h3-18,20-21,23-24,39H,22H2,1-2H3;1-2H3;2*1H;/q-1;;;;+3/p-2. The van der Waals surface area contributed by atoms with Crippen molar-refractivity contribution in [1.29, 1.82) is 0 Å². The molecule has 8 rings (SSSR count). The minimum atomic E-state index is 0. The zero-order valence-electron chi connectivity index (χ0n) is 26.1. The summed E-state index contributed by atoms with van der Waals surface area (Å²) in [5.74, 6) is 0.674. The Bertz CT molecular complexity index is 2010. The van der Waals surface area contributed by atoms with Gasteiger partial charge in [0.1, 0.15) is 0 Å². The topological polar surface area (TPSA) is 0 Å². The summed E-state index contributed by atoms with van der Waals surface area (Å²) in [6.45, 7) is 8.99. The van der Waals surface area contributed by atoms with Crippen molar-refractivity contribution in [2.45, 2.75) is 39.3 Å². The van der Waals surface area contributed by atoms with Crippen LogP contribution in [-0.4, -0.2) is 9.52 Å². The molecule has 0 saturated carbocycles. The third-order valence-electron chi connectivity index (χ3n) is 8.92. The SMILES string of the molecule is CC(C)C1=Cc2c(-c3cc4ccccc4c4ccccc34)cccc2C1c1[c-]ccc2c1Cc1ccccc1-2.C[Si]C.[Cl-].[Cl-].[Zr+3]. The van der Waals surface area contributed by atoms with Gasteiger partial charge < -0.3 is 24.8 Å². The molecular weight excluding hydrogens is 683 g/mol. The van der Waals surface area contributed by atoms with Crippen LogP contribution in [0.15, 0.2) is 115 Å². The zero-order valence-corrected chi connectivity index (χ0v) is 31.1. The molecule has 2 aliphatic rings. The molecule has 0 amide bonds. The summed E-state index contributed by atoms with van der Waals surface area (Å²) in [7, 11) is 1.08. The summed E-state index contributed by atoms with van der Waals surface area (Å²) in [6, 6.07) is 44.0. The normalized spacial score (nSPS) is 13.8. The zero-order chi connectivity index (χ0) is 28.8. The van der Waals surface area contributed by atoms with Crippen LogP contribution in [0.4, 0.5) is 0 Å². The monoisotopic (exact) mass is 715 g/mol. The molecule has 3 radical (unpaired) electrons. The van der Waals surface area contributed by atoms with Gasteiger partial charge in [0, 0.05) is 15.4 Å². The molecular formula is C41H35Cl2SiZr. The van der Waals surface area contributed by atoms with Crippen LogP contribution in [0.1, 0.15) is 47.6 Å². The van der Waals surface area contributed by atoms with Gasteiger partial charge in [0.2, 0.25) is 0 Å². The molecule has 0 spiro atoms. The maximum Gasteiger partial charge on any atom is 3.00 e. The summed E-state index contributed by atoms with van der Waals surface area (Å²) in [6.07, 6.45) is 3.49. The Morgan fingerprint density at radius 2 is 1.33 bits per heavy atom. The molecule has 1 unspecified atom stereocenters. The summed E-state index contributed by atoms with van der Waals surface area (Å²) >= 11 is 0. The third kappa shape index (κ3) is 6.08. The number of halogens is 2. The van der Waals surface area contributed by atoms with E-state index in [1.807, 2.05) is 0 Å². The summed E-state index contributed by atoms with van der Waals surface area (Å²) < 4.78 is 0. The van der Waals surface area contributed by atoms with Gasteiger partial charge in [-0.1, -0.05) is 130 Å². The average molecular weight is 718 g/mol. The molecule has 45 heavy (non-hydrogen) atoms. The summed E-state index contributed by atoms with van der Waals surface area (Å²) in [5.41, 5.74) is 13.9. The molecule has 0 fully saturated rings. The fraction of sp³-hybridized carbons (Fsp3) is 0.171. The molecule has 6 aromatic rings. The van der Waals surface area contributed by atoms with Gasteiger partial charge in [-0.3, -0.25) is 0 Å². The minimum Gasteiger partial charge on any atom is -1.00 e. The smallest absolute Gasteiger partial charge is 1.00 e. The number of allylic oxidation sites excluding steroid dienone is 1. The second-order valence-electron chi connectivity index (χ2n) is 11.8. The first-order valence-electron chi connectivity index (χ1n) is 15.1. The molecule has 0 bridgehead atoms. The van der Waals surface area contributed by atoms with E-state index >= 15 is 0 Å². The van der Waals surface area contributed by atoms with Crippen molar-refractivity contribution in [3.8, 4) is 22.3 Å². The molecule has 0 aromatic heterocycles. The Labute approximate surface area is 302 Å². The minimum absolute atomic E-state index is 0. The average Bonchev–Trinajstić information content (AvgIpc) is 3.60. The van der Waals surface area contributed by atoms with Crippen molar-refractivity contribution in [3.63, 3.8) is 0 Å². The predicted molar refractivity (Wildman–Crippen MR) is 183 cm³/mol. The molecule has 0 N–H and O–H groups in total. The molecule has 0 nitrogen and oxygen atoms in total. The van der Waals surface area contributed by atoms with Crippen molar-refractivity contribution in [2.75, 3.05) is 0 Å². The van der Waals surface area contributed by atoms with Gasteiger partial charge in [-0.05, 0) is 73.3 Å². The second-order valence-corrected chi connectivity index (χ2v) is 12.8. The van der Waals surface area contributed by atoms with Gasteiger partial charge in [0.05, 0.1) is 0 Å². The Morgan fingerprint density at radius 1 is 0.689 bits per heavy atom. The van der Waals surface area contributed by atoms with Crippen molar-refractivity contribution in [1.82, 2.24) is 0 Å². The maximum atomic E-state index is 3.74. The van der Waals surface area contributed by atoms with Crippen LogP contribution in [0, 0.1) is 12.0 Å². The largest absolute Gasteiger partial charge is 3.00 e. The molecule has 0 heterocycles. The van der Waals surface area contributed by atoms with E-state index in [4.69, 9.17) is 0 Å². The molecule has 1 atom stereocenters. The van der Waals surface area contributed by atoms with Crippen molar-refractivity contribution < 1.29 is 51.0 Å². The van der Waals surface area contributed by atoms with Crippen molar-refractivity contribution in [2.24, 2.45) is 5.92 Å². The van der Waals surface area contributed by atoms with Gasteiger partial charge >= 0.3 is 26.2 Å². The Hall–Kier alpha value is -2.74. The van der Waals surface area contributed by atoms with E-state index in [1.165, 1.54) is 77.2 Å². The van der Waals surface area contributed by atoms with E-state index in [0.29, 0.717) is 5.92 Å². The number of hydrogen-bond donors (Lipinski definition) is 0. The molecule has 4 heteroatoms. The van der Waals surface area contributed by atoms with Gasteiger partial charge in [0.15, 0.2) is 0 Å². The Morgan fingerprint density at radius 3 is 2.09 bits per heavy atom. The van der Waals surface area contributed by atoms with Crippen molar-refractivity contribution in [3.05, 3.63) is 149 Å². The van der Waals surface area contributed by atoms with E-state index in [-0.39, 0.29) is 56.9 Å². The first-order valence-corrected chi connectivity index (χ1v) is 17.1. The first kappa shape index (κ1) is 35.1. The molecule has 221 valence electrons. The number of benzene rings is 6. The van der Waals surface area contributed by atoms with Gasteiger partial charge in [0.25, 0.3) is 0 Å². The van der Waals surface area contributed by atoms with Crippen LogP contribution >= 0.6 is 0 Å². The quantitative estimate of drug-likeness (QED) is 0.137. The Kier molecular flexibility index (Phi) is 11.5. The van der Waals surface area contributed by atoms with Crippen LogP contribution in [-0.2, 0) is 32.6 Å². The molecule has 0 aliphatic heterocycles. The summed E-state index contributed by atoms with van der Waals surface area (Å²) in [4.78, 5) is 0. The molecule has 2 aliphatic carbocycles. The Balaban J connectivity index is 0.000000741. The summed E-state index contributed by atoms with van der Waals surface area (Å²) in [5, 5.41) is 5.24. The van der Waals surface area contributed by atoms with Crippen LogP contribution in [0.2, 0.25) is 13.1 Å². The predicted octanol–water partition coefficient (Wildman–Crippen LogP) is 5.01. The number of rotatable bonds is 3.